The Balaban J connectivity index is 1.83. The van der Waals surface area contributed by atoms with Crippen LogP contribution in [0.5, 0.6) is 11.8 Å². The third kappa shape index (κ3) is 3.77. The number of rotatable bonds is 4. The van der Waals surface area contributed by atoms with Gasteiger partial charge in [0.05, 0.1) is 22.6 Å². The highest BCUT2D eigenvalue weighted by molar-refractivity contribution is 6.04. The fourth-order valence-corrected chi connectivity index (χ4v) is 2.22. The molecule has 0 aliphatic rings. The van der Waals surface area contributed by atoms with E-state index in [-0.39, 0.29) is 17.7 Å². The number of carbonyl (C=O) groups is 1. The third-order valence-electron chi connectivity index (χ3n) is 3.45. The molecule has 0 bridgehead atoms. The molecule has 126 valence electrons. The van der Waals surface area contributed by atoms with Gasteiger partial charge in [0.15, 0.2) is 11.6 Å². The third-order valence-corrected chi connectivity index (χ3v) is 3.45. The van der Waals surface area contributed by atoms with Gasteiger partial charge in [0, 0.05) is 12.4 Å². The molecule has 3 rings (SSSR count). The first kappa shape index (κ1) is 16.5. The molecular weight excluding hydrogens is 323 g/mol. The molecule has 7 heteroatoms. The predicted molar refractivity (Wildman–Crippen MR) is 90.2 cm³/mol. The minimum absolute atomic E-state index is 0.0134. The molecule has 0 unspecified atom stereocenters. The fraction of sp³-hybridized carbons (Fsp3) is 0.111. The lowest BCUT2D eigenvalue weighted by Gasteiger charge is -2.12. The highest BCUT2D eigenvalue weighted by Crippen LogP contribution is 2.25. The van der Waals surface area contributed by atoms with E-state index in [2.05, 4.69) is 20.3 Å². The summed E-state index contributed by atoms with van der Waals surface area (Å²) in [4.78, 5) is 24.5. The summed E-state index contributed by atoms with van der Waals surface area (Å²) in [6.07, 6.45) is 3.06. The van der Waals surface area contributed by atoms with Gasteiger partial charge in [-0.15, -0.1) is 0 Å². The summed E-state index contributed by atoms with van der Waals surface area (Å²) in [6, 6.07) is 9.34. The second kappa shape index (κ2) is 7.04. The number of pyridine rings is 1. The second-order valence-corrected chi connectivity index (χ2v) is 5.28. The predicted octanol–water partition coefficient (Wildman–Crippen LogP) is 3.67. The van der Waals surface area contributed by atoms with Crippen LogP contribution in [0.4, 0.5) is 10.1 Å². The van der Waals surface area contributed by atoms with Crippen molar-refractivity contribution in [3.63, 3.8) is 0 Å². The summed E-state index contributed by atoms with van der Waals surface area (Å²) >= 11 is 0. The number of carbonyl (C=O) groups excluding carboxylic acids is 1. The Morgan fingerprint density at radius 1 is 1.08 bits per heavy atom. The molecule has 1 aromatic carbocycles. The van der Waals surface area contributed by atoms with Crippen LogP contribution in [0.25, 0.3) is 0 Å². The van der Waals surface area contributed by atoms with E-state index >= 15 is 0 Å². The normalized spacial score (nSPS) is 10.4. The van der Waals surface area contributed by atoms with Crippen LogP contribution in [0.2, 0.25) is 0 Å². The number of hydrogen-bond acceptors (Lipinski definition) is 5. The van der Waals surface area contributed by atoms with Crippen molar-refractivity contribution in [2.75, 3.05) is 5.32 Å². The van der Waals surface area contributed by atoms with E-state index < -0.39 is 5.82 Å². The monoisotopic (exact) mass is 338 g/mol. The molecule has 2 heterocycles. The van der Waals surface area contributed by atoms with Crippen molar-refractivity contribution in [1.82, 2.24) is 15.0 Å². The number of nitrogens with one attached hydrogen (secondary N) is 1. The molecule has 25 heavy (non-hydrogen) atoms. The van der Waals surface area contributed by atoms with E-state index in [4.69, 9.17) is 4.74 Å². The lowest BCUT2D eigenvalue weighted by Crippen LogP contribution is -2.15. The Morgan fingerprint density at radius 2 is 1.80 bits per heavy atom. The van der Waals surface area contributed by atoms with Gasteiger partial charge in [-0.3, -0.25) is 9.78 Å². The maximum absolute atomic E-state index is 13.7. The zero-order chi connectivity index (χ0) is 17.8. The number of anilines is 1. The number of aryl methyl sites for hydroxylation is 2. The molecule has 0 fully saturated rings. The Morgan fingerprint density at radius 3 is 2.44 bits per heavy atom. The van der Waals surface area contributed by atoms with E-state index in [1.807, 2.05) is 0 Å². The van der Waals surface area contributed by atoms with Gasteiger partial charge in [-0.05, 0) is 38.1 Å². The Hall–Kier alpha value is -3.35. The summed E-state index contributed by atoms with van der Waals surface area (Å²) in [5, 5.41) is 2.76. The van der Waals surface area contributed by atoms with Gasteiger partial charge in [0.2, 0.25) is 0 Å². The maximum Gasteiger partial charge on any atom is 0.322 e. The van der Waals surface area contributed by atoms with Crippen LogP contribution in [0.3, 0.4) is 0 Å². The minimum atomic E-state index is -0.504. The summed E-state index contributed by atoms with van der Waals surface area (Å²) in [5.41, 5.74) is 1.93. The zero-order valence-electron chi connectivity index (χ0n) is 13.7. The molecule has 2 aromatic heterocycles. The van der Waals surface area contributed by atoms with Crippen molar-refractivity contribution in [2.24, 2.45) is 0 Å². The molecular formula is C18H15FN4O2. The quantitative estimate of drug-likeness (QED) is 0.785. The molecule has 3 aromatic rings. The second-order valence-electron chi connectivity index (χ2n) is 5.28. The molecule has 0 aliphatic carbocycles. The van der Waals surface area contributed by atoms with Crippen LogP contribution >= 0.6 is 0 Å². The Bertz CT molecular complexity index is 893. The van der Waals surface area contributed by atoms with Crippen LogP contribution in [0.15, 0.2) is 48.8 Å². The van der Waals surface area contributed by atoms with Gasteiger partial charge < -0.3 is 10.1 Å². The largest absolute Gasteiger partial charge is 0.421 e. The number of para-hydroxylation sites is 1. The molecule has 0 aliphatic heterocycles. The number of aromatic nitrogens is 3. The molecule has 0 radical (unpaired) electrons. The van der Waals surface area contributed by atoms with E-state index in [9.17, 15) is 9.18 Å². The lowest BCUT2D eigenvalue weighted by molar-refractivity contribution is 0.102. The molecule has 1 N–H and O–H groups in total. The summed E-state index contributed by atoms with van der Waals surface area (Å²) in [5.74, 6) is -0.783. The van der Waals surface area contributed by atoms with E-state index in [0.29, 0.717) is 22.6 Å². The maximum atomic E-state index is 13.7. The first-order valence-corrected chi connectivity index (χ1v) is 7.53. The molecule has 1 amide bonds. The standard InChI is InChI=1S/C18H15FN4O2/c1-11-16(23-17(24)13-6-5-9-20-10-13)12(2)22-18(21-11)25-15-8-4-3-7-14(15)19/h3-10H,1-2H3,(H,23,24). The van der Waals surface area contributed by atoms with Crippen LogP contribution in [0, 0.1) is 19.7 Å². The van der Waals surface area contributed by atoms with Crippen LogP contribution in [-0.2, 0) is 0 Å². The number of nitrogens with zero attached hydrogens (tertiary/aromatic N) is 3. The zero-order valence-corrected chi connectivity index (χ0v) is 13.7. The Labute approximate surface area is 143 Å². The SMILES string of the molecule is Cc1nc(Oc2ccccc2F)nc(C)c1NC(=O)c1cccnc1. The van der Waals surface area contributed by atoms with Crippen molar-refractivity contribution in [3.05, 3.63) is 71.6 Å². The van der Waals surface area contributed by atoms with Crippen molar-refractivity contribution in [2.45, 2.75) is 13.8 Å². The van der Waals surface area contributed by atoms with Gasteiger partial charge in [-0.1, -0.05) is 12.1 Å². The van der Waals surface area contributed by atoms with Gasteiger partial charge in [0.25, 0.3) is 5.91 Å². The first-order valence-electron chi connectivity index (χ1n) is 7.53. The smallest absolute Gasteiger partial charge is 0.322 e. The molecule has 0 spiro atoms. The summed E-state index contributed by atoms with van der Waals surface area (Å²) in [6.45, 7) is 3.42. The summed E-state index contributed by atoms with van der Waals surface area (Å²) in [7, 11) is 0. The van der Waals surface area contributed by atoms with Gasteiger partial charge in [0.1, 0.15) is 0 Å². The van der Waals surface area contributed by atoms with Crippen molar-refractivity contribution in [1.29, 1.82) is 0 Å². The number of amides is 1. The Kier molecular flexibility index (Phi) is 4.65. The highest BCUT2D eigenvalue weighted by atomic mass is 19.1. The van der Waals surface area contributed by atoms with Gasteiger partial charge in [-0.2, -0.15) is 9.97 Å². The van der Waals surface area contributed by atoms with Crippen molar-refractivity contribution >= 4 is 11.6 Å². The van der Waals surface area contributed by atoms with Crippen molar-refractivity contribution < 1.29 is 13.9 Å². The molecule has 0 atom stereocenters. The van der Waals surface area contributed by atoms with Crippen molar-refractivity contribution in [3.8, 4) is 11.8 Å². The lowest BCUT2D eigenvalue weighted by atomic mass is 10.2. The van der Waals surface area contributed by atoms with E-state index in [1.54, 1.807) is 44.3 Å². The molecule has 0 saturated carbocycles. The molecule has 0 saturated heterocycles. The van der Waals surface area contributed by atoms with Gasteiger partial charge in [-0.25, -0.2) is 4.39 Å². The number of ether oxygens (including phenoxy) is 1. The summed E-state index contributed by atoms with van der Waals surface area (Å²) < 4.78 is 19.1. The van der Waals surface area contributed by atoms with Crippen LogP contribution in [-0.4, -0.2) is 20.9 Å². The van der Waals surface area contributed by atoms with E-state index in [1.165, 1.54) is 18.3 Å². The topological polar surface area (TPSA) is 77.0 Å². The average Bonchev–Trinajstić information content (AvgIpc) is 2.61. The first-order chi connectivity index (χ1) is 12.0. The minimum Gasteiger partial charge on any atom is -0.421 e. The average molecular weight is 338 g/mol. The molecule has 6 nitrogen and oxygen atoms in total. The van der Waals surface area contributed by atoms with Crippen LogP contribution < -0.4 is 10.1 Å². The van der Waals surface area contributed by atoms with E-state index in [0.717, 1.165) is 0 Å². The fourth-order valence-electron chi connectivity index (χ4n) is 2.22. The number of hydrogen-bond donors (Lipinski definition) is 1. The number of benzene rings is 1. The number of halogens is 1. The highest BCUT2D eigenvalue weighted by Gasteiger charge is 2.15. The van der Waals surface area contributed by atoms with Crippen LogP contribution in [0.1, 0.15) is 21.7 Å². The van der Waals surface area contributed by atoms with Gasteiger partial charge >= 0.3 is 6.01 Å².